The van der Waals surface area contributed by atoms with Crippen LogP contribution in [-0.4, -0.2) is 50.1 Å². The molecule has 1 aliphatic rings. The number of sulfonamides is 1. The molecule has 3 rings (SSSR count). The average molecular weight is 469 g/mol. The molecule has 1 heterocycles. The molecule has 0 saturated carbocycles. The van der Waals surface area contributed by atoms with Gasteiger partial charge in [-0.1, -0.05) is 11.6 Å². The van der Waals surface area contributed by atoms with Crippen LogP contribution in [-0.2, 0) is 14.8 Å². The van der Waals surface area contributed by atoms with Gasteiger partial charge in [-0.3, -0.25) is 4.79 Å². The first kappa shape index (κ1) is 22.9. The summed E-state index contributed by atoms with van der Waals surface area (Å²) in [5.41, 5.74) is 0. The predicted molar refractivity (Wildman–Crippen MR) is 120 cm³/mol. The van der Waals surface area contributed by atoms with E-state index < -0.39 is 10.0 Å². The smallest absolute Gasteiger partial charge is 0.243 e. The molecule has 0 radical (unpaired) electrons. The molecule has 0 aromatic heterocycles. The van der Waals surface area contributed by atoms with Crippen LogP contribution in [0.25, 0.3) is 0 Å². The maximum atomic E-state index is 12.5. The van der Waals surface area contributed by atoms with Crippen LogP contribution in [0.4, 0.5) is 0 Å². The van der Waals surface area contributed by atoms with Crippen molar-refractivity contribution in [3.8, 4) is 5.75 Å². The van der Waals surface area contributed by atoms with Crippen molar-refractivity contribution in [1.82, 2.24) is 9.62 Å². The minimum atomic E-state index is -3.42. The third kappa shape index (κ3) is 6.14. The minimum absolute atomic E-state index is 0.0781. The van der Waals surface area contributed by atoms with Crippen molar-refractivity contribution in [3.05, 3.63) is 53.6 Å². The monoisotopic (exact) mass is 468 g/mol. The highest BCUT2D eigenvalue weighted by molar-refractivity contribution is 8.00. The quantitative estimate of drug-likeness (QED) is 0.447. The molecular formula is C21H25ClN2O4S2. The minimum Gasteiger partial charge on any atom is -0.492 e. The summed E-state index contributed by atoms with van der Waals surface area (Å²) >= 11 is 7.33. The van der Waals surface area contributed by atoms with Gasteiger partial charge >= 0.3 is 0 Å². The second-order valence-electron chi connectivity index (χ2n) is 6.94. The van der Waals surface area contributed by atoms with Crippen molar-refractivity contribution in [1.29, 1.82) is 0 Å². The van der Waals surface area contributed by atoms with Crippen LogP contribution in [0.1, 0.15) is 19.8 Å². The summed E-state index contributed by atoms with van der Waals surface area (Å²) in [5.74, 6) is 0.485. The summed E-state index contributed by atoms with van der Waals surface area (Å²) in [6, 6.07) is 13.8. The van der Waals surface area contributed by atoms with Gasteiger partial charge in [0.05, 0.1) is 16.7 Å². The molecule has 0 bridgehead atoms. The maximum absolute atomic E-state index is 12.5. The van der Waals surface area contributed by atoms with Crippen molar-refractivity contribution in [2.45, 2.75) is 34.8 Å². The molecule has 1 fully saturated rings. The Balaban J connectivity index is 1.41. The lowest BCUT2D eigenvalue weighted by atomic mass is 10.3. The molecule has 1 atom stereocenters. The van der Waals surface area contributed by atoms with E-state index in [4.69, 9.17) is 16.3 Å². The molecule has 0 aliphatic carbocycles. The molecule has 1 amide bonds. The molecule has 30 heavy (non-hydrogen) atoms. The molecule has 1 N–H and O–H groups in total. The van der Waals surface area contributed by atoms with E-state index in [9.17, 15) is 13.2 Å². The molecule has 162 valence electrons. The normalized spacial score (nSPS) is 15.7. The van der Waals surface area contributed by atoms with Gasteiger partial charge in [-0.25, -0.2) is 8.42 Å². The van der Waals surface area contributed by atoms with Gasteiger partial charge in [0.2, 0.25) is 15.9 Å². The van der Waals surface area contributed by atoms with E-state index in [1.807, 2.05) is 19.1 Å². The Kier molecular flexibility index (Phi) is 8.05. The van der Waals surface area contributed by atoms with E-state index in [0.29, 0.717) is 37.0 Å². The van der Waals surface area contributed by atoms with Gasteiger partial charge in [-0.2, -0.15) is 4.31 Å². The Labute approximate surface area is 187 Å². The number of hydrogen-bond donors (Lipinski definition) is 1. The summed E-state index contributed by atoms with van der Waals surface area (Å²) in [5, 5.41) is 3.26. The number of benzene rings is 2. The molecule has 0 unspecified atom stereocenters. The zero-order chi connectivity index (χ0) is 21.6. The number of halogens is 1. The topological polar surface area (TPSA) is 75.7 Å². The van der Waals surface area contributed by atoms with Crippen LogP contribution in [0.2, 0.25) is 5.02 Å². The number of carbonyl (C=O) groups is 1. The lowest BCUT2D eigenvalue weighted by molar-refractivity contribution is -0.120. The molecule has 0 spiro atoms. The fourth-order valence-corrected chi connectivity index (χ4v) is 5.58. The molecule has 2 aromatic carbocycles. The highest BCUT2D eigenvalue weighted by atomic mass is 35.5. The summed E-state index contributed by atoms with van der Waals surface area (Å²) in [7, 11) is -3.42. The van der Waals surface area contributed by atoms with Crippen LogP contribution in [0, 0.1) is 0 Å². The number of nitrogens with one attached hydrogen (secondary N) is 1. The van der Waals surface area contributed by atoms with E-state index in [2.05, 4.69) is 5.32 Å². The number of hydrogen-bond acceptors (Lipinski definition) is 5. The van der Waals surface area contributed by atoms with E-state index in [1.165, 1.54) is 16.1 Å². The molecule has 2 aromatic rings. The first-order chi connectivity index (χ1) is 14.4. The molecule has 1 saturated heterocycles. The lowest BCUT2D eigenvalue weighted by Crippen LogP contribution is -2.33. The lowest BCUT2D eigenvalue weighted by Gasteiger charge is -2.16. The highest BCUT2D eigenvalue weighted by Crippen LogP contribution is 2.25. The second kappa shape index (κ2) is 10.5. The zero-order valence-corrected chi connectivity index (χ0v) is 19.1. The van der Waals surface area contributed by atoms with Crippen LogP contribution >= 0.6 is 23.4 Å². The average Bonchev–Trinajstić information content (AvgIpc) is 3.29. The first-order valence-electron chi connectivity index (χ1n) is 9.79. The Morgan fingerprint density at radius 3 is 2.40 bits per heavy atom. The van der Waals surface area contributed by atoms with Crippen LogP contribution in [0.3, 0.4) is 0 Å². The van der Waals surface area contributed by atoms with Gasteiger partial charge in [0.15, 0.2) is 0 Å². The van der Waals surface area contributed by atoms with Gasteiger partial charge in [-0.15, -0.1) is 11.8 Å². The standard InChI is InChI=1S/C21H25ClN2O4S2/c1-16(29-19-8-4-17(22)5-9-19)21(25)23-12-15-28-18-6-10-20(11-7-18)30(26,27)24-13-2-3-14-24/h4-11,16H,2-3,12-15H2,1H3,(H,23,25)/t16-/m0/s1. The molecular weight excluding hydrogens is 444 g/mol. The number of amides is 1. The van der Waals surface area contributed by atoms with Crippen molar-refractivity contribution in [2.75, 3.05) is 26.2 Å². The first-order valence-corrected chi connectivity index (χ1v) is 12.5. The van der Waals surface area contributed by atoms with Crippen LogP contribution in [0.15, 0.2) is 58.3 Å². The van der Waals surface area contributed by atoms with Crippen molar-refractivity contribution < 1.29 is 17.9 Å². The van der Waals surface area contributed by atoms with Gasteiger partial charge < -0.3 is 10.1 Å². The van der Waals surface area contributed by atoms with Gasteiger partial charge in [0.25, 0.3) is 0 Å². The van der Waals surface area contributed by atoms with E-state index >= 15 is 0 Å². The number of nitrogens with zero attached hydrogens (tertiary/aromatic N) is 1. The van der Waals surface area contributed by atoms with Gasteiger partial charge in [0.1, 0.15) is 12.4 Å². The predicted octanol–water partition coefficient (Wildman–Crippen LogP) is 3.80. The van der Waals surface area contributed by atoms with Crippen molar-refractivity contribution >= 4 is 39.3 Å². The Morgan fingerprint density at radius 2 is 1.77 bits per heavy atom. The number of thioether (sulfide) groups is 1. The van der Waals surface area contributed by atoms with Crippen LogP contribution < -0.4 is 10.1 Å². The van der Waals surface area contributed by atoms with Crippen molar-refractivity contribution in [3.63, 3.8) is 0 Å². The van der Waals surface area contributed by atoms with E-state index in [-0.39, 0.29) is 16.1 Å². The summed E-state index contributed by atoms with van der Waals surface area (Å²) in [6.07, 6.45) is 1.81. The summed E-state index contributed by atoms with van der Waals surface area (Å²) in [6.45, 7) is 3.65. The number of carbonyl (C=O) groups excluding carboxylic acids is 1. The largest absolute Gasteiger partial charge is 0.492 e. The summed E-state index contributed by atoms with van der Waals surface area (Å²) in [4.78, 5) is 13.5. The van der Waals surface area contributed by atoms with E-state index in [0.717, 1.165) is 17.7 Å². The van der Waals surface area contributed by atoms with Crippen molar-refractivity contribution in [2.24, 2.45) is 0 Å². The number of rotatable bonds is 9. The molecule has 9 heteroatoms. The maximum Gasteiger partial charge on any atom is 0.243 e. The summed E-state index contributed by atoms with van der Waals surface area (Å²) < 4.78 is 32.2. The number of ether oxygens (including phenoxy) is 1. The zero-order valence-electron chi connectivity index (χ0n) is 16.7. The third-order valence-corrected chi connectivity index (χ3v) is 7.97. The third-order valence-electron chi connectivity index (χ3n) is 4.69. The van der Waals surface area contributed by atoms with E-state index in [1.54, 1.807) is 36.4 Å². The van der Waals surface area contributed by atoms with Crippen LogP contribution in [0.5, 0.6) is 5.75 Å². The second-order valence-corrected chi connectivity index (χ2v) is 10.7. The Morgan fingerprint density at radius 1 is 1.13 bits per heavy atom. The molecule has 6 nitrogen and oxygen atoms in total. The Bertz CT molecular complexity index is 944. The molecule has 1 aliphatic heterocycles. The van der Waals surface area contributed by atoms with Gasteiger partial charge in [0, 0.05) is 23.0 Å². The SMILES string of the molecule is C[C@H](Sc1ccc(Cl)cc1)C(=O)NCCOc1ccc(S(=O)(=O)N2CCCC2)cc1. The Hall–Kier alpha value is -1.74. The fourth-order valence-electron chi connectivity index (χ4n) is 3.04. The highest BCUT2D eigenvalue weighted by Gasteiger charge is 2.26. The van der Waals surface area contributed by atoms with Gasteiger partial charge in [-0.05, 0) is 68.3 Å². The fraction of sp³-hybridized carbons (Fsp3) is 0.381.